The maximum Gasteiger partial charge on any atom is 0.241 e. The van der Waals surface area contributed by atoms with E-state index in [0.717, 1.165) is 32.4 Å². The molecule has 17 heavy (non-hydrogen) atoms. The van der Waals surface area contributed by atoms with Gasteiger partial charge in [0.15, 0.2) is 0 Å². The maximum absolute atomic E-state index is 11.8. The summed E-state index contributed by atoms with van der Waals surface area (Å²) in [6.45, 7) is 3.69. The Morgan fingerprint density at radius 3 is 2.53 bits per heavy atom. The highest BCUT2D eigenvalue weighted by atomic mass is 16.2. The van der Waals surface area contributed by atoms with Crippen molar-refractivity contribution in [2.75, 3.05) is 19.6 Å². The van der Waals surface area contributed by atoms with E-state index in [9.17, 15) is 9.59 Å². The number of carbonyl (C=O) groups is 2. The first-order chi connectivity index (χ1) is 8.15. The smallest absolute Gasteiger partial charge is 0.241 e. The first-order valence-corrected chi connectivity index (χ1v) is 6.46. The zero-order valence-corrected chi connectivity index (χ0v) is 10.6. The Balaban J connectivity index is 2.24. The molecule has 1 atom stereocenters. The lowest BCUT2D eigenvalue weighted by Gasteiger charge is -2.26. The third-order valence-electron chi connectivity index (χ3n) is 3.06. The van der Waals surface area contributed by atoms with Crippen molar-refractivity contribution in [3.63, 3.8) is 0 Å². The summed E-state index contributed by atoms with van der Waals surface area (Å²) in [4.78, 5) is 25.1. The van der Waals surface area contributed by atoms with Gasteiger partial charge in [0, 0.05) is 13.1 Å². The number of nitrogens with two attached hydrogens (primary N) is 1. The number of likely N-dealkylation sites (tertiary alicyclic amines) is 1. The summed E-state index contributed by atoms with van der Waals surface area (Å²) in [5.41, 5.74) is 5.66. The fraction of sp³-hybridized carbons (Fsp3) is 0.833. The van der Waals surface area contributed by atoms with Crippen molar-refractivity contribution in [3.8, 4) is 0 Å². The quantitative estimate of drug-likeness (QED) is 0.724. The molecule has 1 saturated heterocycles. The van der Waals surface area contributed by atoms with Crippen molar-refractivity contribution in [1.29, 1.82) is 0 Å². The van der Waals surface area contributed by atoms with Crippen LogP contribution in [0.15, 0.2) is 0 Å². The van der Waals surface area contributed by atoms with Crippen LogP contribution in [0.3, 0.4) is 0 Å². The predicted molar refractivity (Wildman–Crippen MR) is 66.3 cm³/mol. The van der Waals surface area contributed by atoms with Crippen LogP contribution in [0.4, 0.5) is 0 Å². The zero-order valence-electron chi connectivity index (χ0n) is 10.6. The second-order valence-corrected chi connectivity index (χ2v) is 4.55. The van der Waals surface area contributed by atoms with Crippen LogP contribution in [-0.2, 0) is 9.59 Å². The molecule has 1 aliphatic rings. The molecule has 0 unspecified atom stereocenters. The second kappa shape index (κ2) is 7.27. The highest BCUT2D eigenvalue weighted by Crippen LogP contribution is 2.08. The molecule has 0 aromatic rings. The molecule has 98 valence electrons. The molecule has 1 fully saturated rings. The summed E-state index contributed by atoms with van der Waals surface area (Å²) < 4.78 is 0. The van der Waals surface area contributed by atoms with Gasteiger partial charge in [0.2, 0.25) is 11.8 Å². The number of nitrogens with zero attached hydrogens (tertiary/aromatic N) is 1. The molecule has 0 aromatic heterocycles. The van der Waals surface area contributed by atoms with Crippen LogP contribution >= 0.6 is 0 Å². The van der Waals surface area contributed by atoms with E-state index in [4.69, 9.17) is 5.73 Å². The van der Waals surface area contributed by atoms with E-state index in [-0.39, 0.29) is 18.4 Å². The van der Waals surface area contributed by atoms with Gasteiger partial charge in [-0.3, -0.25) is 9.59 Å². The molecule has 0 aliphatic carbocycles. The molecular formula is C12H23N3O2. The number of hydrogen-bond donors (Lipinski definition) is 2. The topological polar surface area (TPSA) is 75.4 Å². The molecule has 1 heterocycles. The SMILES string of the molecule is CCC[C@@H](N)C(=O)NCC(=O)N1CCCCC1. The molecule has 3 N–H and O–H groups in total. The highest BCUT2D eigenvalue weighted by Gasteiger charge is 2.18. The highest BCUT2D eigenvalue weighted by molar-refractivity contribution is 5.87. The molecule has 5 heteroatoms. The molecule has 1 rings (SSSR count). The number of nitrogens with one attached hydrogen (secondary N) is 1. The van der Waals surface area contributed by atoms with Gasteiger partial charge in [-0.1, -0.05) is 13.3 Å². The van der Waals surface area contributed by atoms with E-state index >= 15 is 0 Å². The van der Waals surface area contributed by atoms with Gasteiger partial charge in [-0.15, -0.1) is 0 Å². The van der Waals surface area contributed by atoms with Gasteiger partial charge in [-0.05, 0) is 25.7 Å². The Bertz CT molecular complexity index is 262. The van der Waals surface area contributed by atoms with Crippen LogP contribution in [0.2, 0.25) is 0 Å². The molecular weight excluding hydrogens is 218 g/mol. The molecule has 2 amide bonds. The van der Waals surface area contributed by atoms with Gasteiger partial charge in [0.1, 0.15) is 0 Å². The average Bonchev–Trinajstić information content (AvgIpc) is 2.36. The molecule has 1 aliphatic heterocycles. The van der Waals surface area contributed by atoms with E-state index in [2.05, 4.69) is 5.32 Å². The minimum Gasteiger partial charge on any atom is -0.346 e. The van der Waals surface area contributed by atoms with E-state index in [1.54, 1.807) is 0 Å². The molecule has 5 nitrogen and oxygen atoms in total. The van der Waals surface area contributed by atoms with Crippen molar-refractivity contribution in [1.82, 2.24) is 10.2 Å². The Morgan fingerprint density at radius 2 is 1.94 bits per heavy atom. The molecule has 0 radical (unpaired) electrons. The van der Waals surface area contributed by atoms with Crippen LogP contribution in [-0.4, -0.2) is 42.4 Å². The van der Waals surface area contributed by atoms with Crippen LogP contribution in [0.25, 0.3) is 0 Å². The number of amides is 2. The number of piperidine rings is 1. The molecule has 0 saturated carbocycles. The summed E-state index contributed by atoms with van der Waals surface area (Å²) in [5.74, 6) is -0.223. The van der Waals surface area contributed by atoms with Crippen LogP contribution in [0.1, 0.15) is 39.0 Å². The van der Waals surface area contributed by atoms with Crippen molar-refractivity contribution in [3.05, 3.63) is 0 Å². The fourth-order valence-corrected chi connectivity index (χ4v) is 1.99. The van der Waals surface area contributed by atoms with Crippen LogP contribution < -0.4 is 11.1 Å². The van der Waals surface area contributed by atoms with E-state index < -0.39 is 6.04 Å². The lowest BCUT2D eigenvalue weighted by Crippen LogP contribution is -2.47. The van der Waals surface area contributed by atoms with Crippen molar-refractivity contribution < 1.29 is 9.59 Å². The predicted octanol–water partition coefficient (Wildman–Crippen LogP) is 0.243. The molecule has 0 aromatic carbocycles. The van der Waals surface area contributed by atoms with Gasteiger partial charge >= 0.3 is 0 Å². The largest absolute Gasteiger partial charge is 0.346 e. The average molecular weight is 241 g/mol. The maximum atomic E-state index is 11.8. The fourth-order valence-electron chi connectivity index (χ4n) is 1.99. The van der Waals surface area contributed by atoms with Crippen LogP contribution in [0, 0.1) is 0 Å². The molecule has 0 bridgehead atoms. The number of rotatable bonds is 5. The first kappa shape index (κ1) is 14.0. The van der Waals surface area contributed by atoms with E-state index in [1.807, 2.05) is 11.8 Å². The minimum atomic E-state index is -0.492. The summed E-state index contributed by atoms with van der Waals surface area (Å²) in [7, 11) is 0. The van der Waals surface area contributed by atoms with Crippen LogP contribution in [0.5, 0.6) is 0 Å². The van der Waals surface area contributed by atoms with Crippen molar-refractivity contribution >= 4 is 11.8 Å². The van der Waals surface area contributed by atoms with Gasteiger partial charge in [0.05, 0.1) is 12.6 Å². The van der Waals surface area contributed by atoms with Gasteiger partial charge in [0.25, 0.3) is 0 Å². The van der Waals surface area contributed by atoms with E-state index in [1.165, 1.54) is 6.42 Å². The lowest BCUT2D eigenvalue weighted by molar-refractivity contribution is -0.133. The first-order valence-electron chi connectivity index (χ1n) is 6.46. The third-order valence-corrected chi connectivity index (χ3v) is 3.06. The zero-order chi connectivity index (χ0) is 12.7. The molecule has 0 spiro atoms. The van der Waals surface area contributed by atoms with E-state index in [0.29, 0.717) is 6.42 Å². The Hall–Kier alpha value is -1.10. The lowest BCUT2D eigenvalue weighted by atomic mass is 10.1. The summed E-state index contributed by atoms with van der Waals surface area (Å²) in [6, 6.07) is -0.492. The monoisotopic (exact) mass is 241 g/mol. The number of hydrogen-bond acceptors (Lipinski definition) is 3. The Morgan fingerprint density at radius 1 is 1.29 bits per heavy atom. The summed E-state index contributed by atoms with van der Waals surface area (Å²) in [6.07, 6.45) is 4.85. The Kier molecular flexibility index (Phi) is 5.97. The van der Waals surface area contributed by atoms with Crippen molar-refractivity contribution in [2.45, 2.75) is 45.1 Å². The van der Waals surface area contributed by atoms with Crippen molar-refractivity contribution in [2.24, 2.45) is 5.73 Å². The summed E-state index contributed by atoms with van der Waals surface area (Å²) >= 11 is 0. The summed E-state index contributed by atoms with van der Waals surface area (Å²) in [5, 5.41) is 2.61. The Labute approximate surface area is 103 Å². The van der Waals surface area contributed by atoms with Gasteiger partial charge < -0.3 is 16.0 Å². The second-order valence-electron chi connectivity index (χ2n) is 4.55. The normalized spacial score (nSPS) is 17.6. The number of carbonyl (C=O) groups excluding carboxylic acids is 2. The standard InChI is InChI=1S/C12H23N3O2/c1-2-6-10(13)12(17)14-9-11(16)15-7-4-3-5-8-15/h10H,2-9,13H2,1H3,(H,14,17)/t10-/m1/s1. The van der Waals surface area contributed by atoms with Gasteiger partial charge in [-0.25, -0.2) is 0 Å². The third kappa shape index (κ3) is 4.73. The van der Waals surface area contributed by atoms with Gasteiger partial charge in [-0.2, -0.15) is 0 Å². The minimum absolute atomic E-state index is 0.00162.